The Morgan fingerprint density at radius 1 is 1.50 bits per heavy atom. The number of hydrogen-bond donors (Lipinski definition) is 2. The van der Waals surface area contributed by atoms with Gasteiger partial charge >= 0.3 is 5.97 Å². The van der Waals surface area contributed by atoms with Gasteiger partial charge in [-0.1, -0.05) is 19.1 Å². The molecule has 0 spiro atoms. The van der Waals surface area contributed by atoms with E-state index in [-0.39, 0.29) is 18.0 Å². The summed E-state index contributed by atoms with van der Waals surface area (Å²) >= 11 is 0. The maximum atomic E-state index is 13.1. The molecular formula is C10H15F2N3O3. The molecule has 0 aliphatic carbocycles. The van der Waals surface area contributed by atoms with E-state index in [1.54, 1.807) is 13.8 Å². The van der Waals surface area contributed by atoms with E-state index in [4.69, 9.17) is 10.2 Å². The van der Waals surface area contributed by atoms with E-state index < -0.39 is 25.0 Å². The Bertz CT molecular complexity index is 432. The Kier molecular flexibility index (Phi) is 4.33. The molecule has 0 atom stereocenters. The second kappa shape index (κ2) is 5.38. The lowest BCUT2D eigenvalue weighted by Gasteiger charge is -2.16. The summed E-state index contributed by atoms with van der Waals surface area (Å²) in [5.41, 5.74) is 0.525. The number of rotatable bonds is 6. The summed E-state index contributed by atoms with van der Waals surface area (Å²) in [6, 6.07) is 0. The number of carbonyl (C=O) groups is 1. The van der Waals surface area contributed by atoms with Crippen molar-refractivity contribution in [1.29, 1.82) is 0 Å². The van der Waals surface area contributed by atoms with Gasteiger partial charge in [-0.05, 0) is 5.92 Å². The Morgan fingerprint density at radius 3 is 2.56 bits per heavy atom. The summed E-state index contributed by atoms with van der Waals surface area (Å²) in [6.45, 7) is 1.36. The lowest BCUT2D eigenvalue weighted by molar-refractivity contribution is -0.136. The zero-order chi connectivity index (χ0) is 13.9. The highest BCUT2D eigenvalue weighted by atomic mass is 19.3. The largest absolute Gasteiger partial charge is 0.481 e. The van der Waals surface area contributed by atoms with Crippen LogP contribution in [-0.4, -0.2) is 43.7 Å². The number of aromatic nitrogens is 3. The molecule has 0 fully saturated rings. The smallest absolute Gasteiger partial charge is 0.309 e. The first kappa shape index (κ1) is 14.5. The van der Waals surface area contributed by atoms with E-state index >= 15 is 0 Å². The van der Waals surface area contributed by atoms with Gasteiger partial charge in [-0.3, -0.25) is 4.79 Å². The molecular weight excluding hydrogens is 248 g/mol. The summed E-state index contributed by atoms with van der Waals surface area (Å²) in [4.78, 5) is 10.6. The van der Waals surface area contributed by atoms with Crippen LogP contribution in [0.25, 0.3) is 0 Å². The van der Waals surface area contributed by atoms with Gasteiger partial charge in [0.1, 0.15) is 13.2 Å². The summed E-state index contributed by atoms with van der Waals surface area (Å²) in [7, 11) is 0. The number of nitrogens with zero attached hydrogens (tertiary/aromatic N) is 3. The lowest BCUT2D eigenvalue weighted by atomic mass is 10.1. The first-order valence-electron chi connectivity index (χ1n) is 5.39. The highest BCUT2D eigenvalue weighted by molar-refractivity contribution is 5.69. The quantitative estimate of drug-likeness (QED) is 0.787. The normalized spacial score (nSPS) is 12.1. The second-order valence-corrected chi connectivity index (χ2v) is 4.32. The molecule has 0 aliphatic heterocycles. The number of alkyl halides is 2. The van der Waals surface area contributed by atoms with Gasteiger partial charge in [0.2, 0.25) is 0 Å². The molecule has 1 aromatic rings. The van der Waals surface area contributed by atoms with Crippen molar-refractivity contribution < 1.29 is 23.8 Å². The molecule has 0 unspecified atom stereocenters. The number of carboxylic acids is 1. The van der Waals surface area contributed by atoms with Crippen molar-refractivity contribution in [3.05, 3.63) is 11.4 Å². The van der Waals surface area contributed by atoms with Crippen molar-refractivity contribution in [1.82, 2.24) is 15.0 Å². The number of halogens is 2. The topological polar surface area (TPSA) is 88.2 Å². The van der Waals surface area contributed by atoms with Crippen LogP contribution in [0.1, 0.15) is 31.2 Å². The number of hydrogen-bond acceptors (Lipinski definition) is 4. The summed E-state index contributed by atoms with van der Waals surface area (Å²) < 4.78 is 27.2. The first-order chi connectivity index (χ1) is 8.26. The van der Waals surface area contributed by atoms with E-state index in [9.17, 15) is 13.6 Å². The van der Waals surface area contributed by atoms with E-state index in [1.807, 2.05) is 0 Å². The monoisotopic (exact) mass is 263 g/mol. The first-order valence-corrected chi connectivity index (χ1v) is 5.39. The molecule has 0 amide bonds. The van der Waals surface area contributed by atoms with Crippen molar-refractivity contribution in [2.24, 2.45) is 0 Å². The zero-order valence-electron chi connectivity index (χ0n) is 10.1. The SMILES string of the molecule is CC(C)c1c(CC(=O)O)nnn1CC(F)(F)CO. The van der Waals surface area contributed by atoms with Crippen LogP contribution in [0.15, 0.2) is 0 Å². The fourth-order valence-corrected chi connectivity index (χ4v) is 1.64. The summed E-state index contributed by atoms with van der Waals surface area (Å²) in [6.07, 6.45) is -0.363. The third kappa shape index (κ3) is 3.46. The molecule has 0 saturated heterocycles. The van der Waals surface area contributed by atoms with Crippen molar-refractivity contribution >= 4 is 5.97 Å². The minimum atomic E-state index is -3.31. The Labute approximate surface area is 102 Å². The Hall–Kier alpha value is -1.57. The van der Waals surface area contributed by atoms with Crippen LogP contribution in [0.5, 0.6) is 0 Å². The zero-order valence-corrected chi connectivity index (χ0v) is 10.1. The predicted octanol–water partition coefficient (Wildman–Crippen LogP) is 0.656. The van der Waals surface area contributed by atoms with Gasteiger partial charge in [0.25, 0.3) is 5.92 Å². The standard InChI is InChI=1S/C10H15F2N3O3/c1-6(2)9-7(3-8(17)18)13-14-15(9)4-10(11,12)5-16/h6,16H,3-5H2,1-2H3,(H,17,18). The van der Waals surface area contributed by atoms with E-state index in [1.165, 1.54) is 0 Å². The molecule has 1 aromatic heterocycles. The molecule has 102 valence electrons. The van der Waals surface area contributed by atoms with Crippen LogP contribution >= 0.6 is 0 Å². The molecule has 0 bridgehead atoms. The van der Waals surface area contributed by atoms with Crippen LogP contribution in [0.2, 0.25) is 0 Å². The van der Waals surface area contributed by atoms with Crippen molar-refractivity contribution in [3.8, 4) is 0 Å². The molecule has 1 heterocycles. The van der Waals surface area contributed by atoms with Crippen LogP contribution in [0.3, 0.4) is 0 Å². The van der Waals surface area contributed by atoms with Crippen molar-refractivity contribution in [2.75, 3.05) is 6.61 Å². The van der Waals surface area contributed by atoms with Gasteiger partial charge in [-0.25, -0.2) is 13.5 Å². The maximum Gasteiger partial charge on any atom is 0.309 e. The lowest BCUT2D eigenvalue weighted by Crippen LogP contribution is -2.29. The van der Waals surface area contributed by atoms with Gasteiger partial charge in [0, 0.05) is 0 Å². The van der Waals surface area contributed by atoms with Crippen molar-refractivity contribution in [3.63, 3.8) is 0 Å². The highest BCUT2D eigenvalue weighted by Gasteiger charge is 2.31. The molecule has 2 N–H and O–H groups in total. The highest BCUT2D eigenvalue weighted by Crippen LogP contribution is 2.22. The van der Waals surface area contributed by atoms with Gasteiger partial charge in [-0.2, -0.15) is 0 Å². The van der Waals surface area contributed by atoms with Crippen LogP contribution in [-0.2, 0) is 17.8 Å². The van der Waals surface area contributed by atoms with E-state index in [2.05, 4.69) is 10.3 Å². The fourth-order valence-electron chi connectivity index (χ4n) is 1.64. The molecule has 0 aromatic carbocycles. The Morgan fingerprint density at radius 2 is 2.11 bits per heavy atom. The van der Waals surface area contributed by atoms with Crippen molar-refractivity contribution in [2.45, 2.75) is 38.7 Å². The second-order valence-electron chi connectivity index (χ2n) is 4.32. The summed E-state index contributed by atoms with van der Waals surface area (Å²) in [5, 5.41) is 24.4. The fraction of sp³-hybridized carbons (Fsp3) is 0.700. The van der Waals surface area contributed by atoms with Gasteiger partial charge in [0.15, 0.2) is 0 Å². The molecule has 18 heavy (non-hydrogen) atoms. The van der Waals surface area contributed by atoms with Crippen LogP contribution in [0, 0.1) is 0 Å². The molecule has 6 nitrogen and oxygen atoms in total. The van der Waals surface area contributed by atoms with Gasteiger partial charge in [-0.15, -0.1) is 5.10 Å². The molecule has 0 saturated carbocycles. The van der Waals surface area contributed by atoms with Gasteiger partial charge < -0.3 is 10.2 Å². The third-order valence-corrected chi connectivity index (χ3v) is 2.33. The number of aliphatic hydroxyl groups is 1. The average molecular weight is 263 g/mol. The van der Waals surface area contributed by atoms with Crippen LogP contribution in [0.4, 0.5) is 8.78 Å². The maximum absolute atomic E-state index is 13.1. The molecule has 0 radical (unpaired) electrons. The number of aliphatic hydroxyl groups excluding tert-OH is 1. The van der Waals surface area contributed by atoms with E-state index in [0.29, 0.717) is 5.69 Å². The molecule has 0 aliphatic rings. The number of carboxylic acid groups (broad SMARTS) is 1. The minimum Gasteiger partial charge on any atom is -0.481 e. The summed E-state index contributed by atoms with van der Waals surface area (Å²) in [5.74, 6) is -4.60. The third-order valence-electron chi connectivity index (χ3n) is 2.33. The molecule has 8 heteroatoms. The van der Waals surface area contributed by atoms with Crippen LogP contribution < -0.4 is 0 Å². The Balaban J connectivity index is 3.06. The van der Waals surface area contributed by atoms with Gasteiger partial charge in [0.05, 0.1) is 17.8 Å². The van der Waals surface area contributed by atoms with E-state index in [0.717, 1.165) is 4.68 Å². The number of aliphatic carboxylic acids is 1. The molecule has 1 rings (SSSR count). The minimum absolute atomic E-state index is 0.172. The predicted molar refractivity (Wildman–Crippen MR) is 57.5 cm³/mol. The average Bonchev–Trinajstić information content (AvgIpc) is 2.59.